The number of carbonyl (C=O) groups excluding carboxylic acids is 2. The van der Waals surface area contributed by atoms with E-state index in [1.807, 2.05) is 0 Å². The number of methoxy groups -OCH3 is 1. The molecule has 0 saturated carbocycles. The van der Waals surface area contributed by atoms with E-state index in [4.69, 9.17) is 10.6 Å². The Morgan fingerprint density at radius 3 is 2.47 bits per heavy atom. The van der Waals surface area contributed by atoms with Crippen LogP contribution in [0.3, 0.4) is 0 Å². The summed E-state index contributed by atoms with van der Waals surface area (Å²) in [5, 5.41) is 6.96. The minimum absolute atomic E-state index is 0.232. The van der Waals surface area contributed by atoms with Gasteiger partial charge >= 0.3 is 12.1 Å². The van der Waals surface area contributed by atoms with Gasteiger partial charge in [0.05, 0.1) is 13.2 Å². The molecule has 8 nitrogen and oxygen atoms in total. The Balaban J connectivity index is 2.82. The van der Waals surface area contributed by atoms with E-state index in [2.05, 4.69) is 15.1 Å². The number of ether oxygens (including phenoxy) is 2. The van der Waals surface area contributed by atoms with Gasteiger partial charge in [0.25, 0.3) is 0 Å². The van der Waals surface area contributed by atoms with Gasteiger partial charge in [0.2, 0.25) is 0 Å². The molecule has 19 heavy (non-hydrogen) atoms. The van der Waals surface area contributed by atoms with Crippen molar-refractivity contribution in [2.24, 2.45) is 16.2 Å². The van der Waals surface area contributed by atoms with Gasteiger partial charge in [0.15, 0.2) is 0 Å². The number of carbonyl (C=O) groups is 2. The highest BCUT2D eigenvalue weighted by atomic mass is 16.6. The highest BCUT2D eigenvalue weighted by Crippen LogP contribution is 2.24. The van der Waals surface area contributed by atoms with Crippen LogP contribution in [-0.4, -0.2) is 48.3 Å². The molecule has 2 N–H and O–H groups in total. The molecule has 108 valence electrons. The van der Waals surface area contributed by atoms with E-state index in [0.29, 0.717) is 6.42 Å². The van der Waals surface area contributed by atoms with Crippen molar-refractivity contribution in [3.63, 3.8) is 0 Å². The molecule has 1 heterocycles. The first-order chi connectivity index (χ1) is 8.78. The molecule has 0 bridgehead atoms. The van der Waals surface area contributed by atoms with Gasteiger partial charge in [0, 0.05) is 13.0 Å². The highest BCUT2D eigenvalue weighted by molar-refractivity contribution is 5.82. The van der Waals surface area contributed by atoms with Gasteiger partial charge in [-0.3, -0.25) is 4.90 Å². The summed E-state index contributed by atoms with van der Waals surface area (Å²) < 4.78 is 9.93. The van der Waals surface area contributed by atoms with Crippen LogP contribution in [-0.2, 0) is 14.3 Å². The van der Waals surface area contributed by atoms with E-state index in [1.165, 1.54) is 12.0 Å². The van der Waals surface area contributed by atoms with Crippen molar-refractivity contribution in [3.05, 3.63) is 0 Å². The first-order valence-electron chi connectivity index (χ1n) is 5.96. The van der Waals surface area contributed by atoms with Crippen LogP contribution in [0.1, 0.15) is 27.2 Å². The molecule has 0 aromatic heterocycles. The average molecular weight is 272 g/mol. The van der Waals surface area contributed by atoms with Crippen molar-refractivity contribution < 1.29 is 19.1 Å². The number of hydrogen-bond acceptors (Lipinski definition) is 6. The zero-order valence-corrected chi connectivity index (χ0v) is 11.6. The Kier molecular flexibility index (Phi) is 4.68. The summed E-state index contributed by atoms with van der Waals surface area (Å²) in [5.41, 5.74) is -0.634. The molecule has 1 fully saturated rings. The molecule has 1 amide bonds. The fraction of sp³-hybridized carbons (Fsp3) is 0.818. The number of amides is 1. The predicted octanol–water partition coefficient (Wildman–Crippen LogP) is 0.863. The van der Waals surface area contributed by atoms with Crippen molar-refractivity contribution in [1.82, 2.24) is 4.90 Å². The SMILES string of the molecule is COC(=O)[C@@H]1C[C@H](N=NN)CN1C(=O)OC(C)(C)C. The summed E-state index contributed by atoms with van der Waals surface area (Å²) in [7, 11) is 1.27. The van der Waals surface area contributed by atoms with Gasteiger partial charge in [-0.25, -0.2) is 9.59 Å². The van der Waals surface area contributed by atoms with E-state index >= 15 is 0 Å². The topological polar surface area (TPSA) is 107 Å². The number of rotatable bonds is 2. The van der Waals surface area contributed by atoms with Crippen molar-refractivity contribution in [3.8, 4) is 0 Å². The van der Waals surface area contributed by atoms with Gasteiger partial charge in [-0.2, -0.15) is 5.11 Å². The van der Waals surface area contributed by atoms with Crippen molar-refractivity contribution >= 4 is 12.1 Å². The number of likely N-dealkylation sites (tertiary alicyclic amines) is 1. The van der Waals surface area contributed by atoms with Crippen LogP contribution >= 0.6 is 0 Å². The summed E-state index contributed by atoms with van der Waals surface area (Å²) in [6.07, 6.45) is -0.246. The minimum Gasteiger partial charge on any atom is -0.467 e. The molecule has 1 rings (SSSR count). The Hall–Kier alpha value is -1.86. The van der Waals surface area contributed by atoms with E-state index in [9.17, 15) is 9.59 Å². The van der Waals surface area contributed by atoms with Crippen LogP contribution < -0.4 is 5.84 Å². The molecule has 1 aliphatic rings. The number of nitrogens with two attached hydrogens (primary N) is 1. The molecule has 1 aliphatic heterocycles. The van der Waals surface area contributed by atoms with Crippen LogP contribution in [0.4, 0.5) is 4.79 Å². The predicted molar refractivity (Wildman–Crippen MR) is 66.2 cm³/mol. The van der Waals surface area contributed by atoms with E-state index in [0.717, 1.165) is 0 Å². The molecule has 0 unspecified atom stereocenters. The lowest BCUT2D eigenvalue weighted by Gasteiger charge is -2.27. The van der Waals surface area contributed by atoms with Crippen LogP contribution in [0.15, 0.2) is 10.3 Å². The lowest BCUT2D eigenvalue weighted by molar-refractivity contribution is -0.145. The average Bonchev–Trinajstić information content (AvgIpc) is 2.70. The fourth-order valence-corrected chi connectivity index (χ4v) is 1.87. The highest BCUT2D eigenvalue weighted by Gasteiger charge is 2.42. The smallest absolute Gasteiger partial charge is 0.411 e. The molecular formula is C11H20N4O4. The Labute approximate surface area is 111 Å². The van der Waals surface area contributed by atoms with Crippen LogP contribution in [0.25, 0.3) is 0 Å². The summed E-state index contributed by atoms with van der Waals surface area (Å²) >= 11 is 0. The molecule has 0 aromatic carbocycles. The monoisotopic (exact) mass is 272 g/mol. The second kappa shape index (κ2) is 5.85. The van der Waals surface area contributed by atoms with Gasteiger partial charge in [0.1, 0.15) is 11.6 Å². The minimum atomic E-state index is -0.713. The first-order valence-corrected chi connectivity index (χ1v) is 5.96. The normalized spacial score (nSPS) is 23.7. The van der Waals surface area contributed by atoms with Crippen LogP contribution in [0.5, 0.6) is 0 Å². The fourth-order valence-electron chi connectivity index (χ4n) is 1.87. The molecule has 0 aliphatic carbocycles. The Morgan fingerprint density at radius 2 is 2.00 bits per heavy atom. The molecule has 1 saturated heterocycles. The van der Waals surface area contributed by atoms with Crippen molar-refractivity contribution in [2.45, 2.75) is 44.9 Å². The maximum atomic E-state index is 12.0. The third kappa shape index (κ3) is 4.08. The summed E-state index contributed by atoms with van der Waals surface area (Å²) in [5.74, 6) is 4.49. The van der Waals surface area contributed by atoms with E-state index in [1.54, 1.807) is 20.8 Å². The number of esters is 1. The standard InChI is InChI=1S/C11H20N4O4/c1-11(2,3)19-10(17)15-6-7(13-14-12)5-8(15)9(16)18-4/h7-8H,5-6H2,1-4H3,(H2,12,13)/t7-,8-/m0/s1. The van der Waals surface area contributed by atoms with Crippen LogP contribution in [0, 0.1) is 0 Å². The summed E-state index contributed by atoms with van der Waals surface area (Å²) in [6.45, 7) is 5.50. The zero-order valence-electron chi connectivity index (χ0n) is 11.6. The summed E-state index contributed by atoms with van der Waals surface area (Å²) in [6, 6.07) is -1.03. The molecule has 8 heteroatoms. The largest absolute Gasteiger partial charge is 0.467 e. The van der Waals surface area contributed by atoms with E-state index in [-0.39, 0.29) is 12.6 Å². The van der Waals surface area contributed by atoms with Gasteiger partial charge < -0.3 is 15.3 Å². The number of nitrogens with zero attached hydrogens (tertiary/aromatic N) is 3. The van der Waals surface area contributed by atoms with E-state index < -0.39 is 23.7 Å². The molecule has 2 atom stereocenters. The second-order valence-electron chi connectivity index (χ2n) is 5.29. The van der Waals surface area contributed by atoms with Gasteiger partial charge in [-0.05, 0) is 20.8 Å². The quantitative estimate of drug-likeness (QED) is 0.347. The maximum Gasteiger partial charge on any atom is 0.411 e. The second-order valence-corrected chi connectivity index (χ2v) is 5.29. The first kappa shape index (κ1) is 15.2. The molecule has 0 spiro atoms. The lowest BCUT2D eigenvalue weighted by Crippen LogP contribution is -2.43. The van der Waals surface area contributed by atoms with Crippen molar-refractivity contribution in [1.29, 1.82) is 0 Å². The number of hydrogen-bond donors (Lipinski definition) is 1. The van der Waals surface area contributed by atoms with Gasteiger partial charge in [-0.15, -0.1) is 0 Å². The summed E-state index contributed by atoms with van der Waals surface area (Å²) in [4.78, 5) is 25.0. The molecule has 0 aromatic rings. The van der Waals surface area contributed by atoms with Crippen molar-refractivity contribution in [2.75, 3.05) is 13.7 Å². The third-order valence-electron chi connectivity index (χ3n) is 2.61. The third-order valence-corrected chi connectivity index (χ3v) is 2.61. The van der Waals surface area contributed by atoms with Gasteiger partial charge in [-0.1, -0.05) is 5.22 Å². The maximum absolute atomic E-state index is 12.0. The molecule has 0 radical (unpaired) electrons. The molecular weight excluding hydrogens is 252 g/mol. The Bertz CT molecular complexity index is 377. The Morgan fingerprint density at radius 1 is 1.37 bits per heavy atom. The lowest BCUT2D eigenvalue weighted by atomic mass is 10.2. The zero-order chi connectivity index (χ0) is 14.6. The van der Waals surface area contributed by atoms with Crippen LogP contribution in [0.2, 0.25) is 0 Å².